The first-order valence-corrected chi connectivity index (χ1v) is 9.69. The van der Waals surface area contributed by atoms with Gasteiger partial charge in [-0.15, -0.1) is 0 Å². The van der Waals surface area contributed by atoms with Crippen molar-refractivity contribution in [3.63, 3.8) is 0 Å². The third-order valence-corrected chi connectivity index (χ3v) is 5.09. The lowest BCUT2D eigenvalue weighted by atomic mass is 10.0. The number of rotatable bonds is 7. The maximum Gasteiger partial charge on any atom is 0.343 e. The fourth-order valence-electron chi connectivity index (χ4n) is 3.47. The molecule has 0 unspecified atom stereocenters. The van der Waals surface area contributed by atoms with E-state index in [4.69, 9.17) is 14.2 Å². The van der Waals surface area contributed by atoms with Gasteiger partial charge < -0.3 is 23.8 Å². The van der Waals surface area contributed by atoms with Crippen LogP contribution in [0.2, 0.25) is 0 Å². The summed E-state index contributed by atoms with van der Waals surface area (Å²) in [6.45, 7) is 2.64. The smallest absolute Gasteiger partial charge is 0.343 e. The molecule has 0 saturated carbocycles. The summed E-state index contributed by atoms with van der Waals surface area (Å²) in [6, 6.07) is 6.82. The van der Waals surface area contributed by atoms with E-state index >= 15 is 0 Å². The van der Waals surface area contributed by atoms with Crippen LogP contribution in [0.25, 0.3) is 6.08 Å². The normalized spacial score (nSPS) is 20.1. The number of hydrogen-bond donors (Lipinski definition) is 0. The summed E-state index contributed by atoms with van der Waals surface area (Å²) in [7, 11) is 2.58. The number of hydrogen-bond acceptors (Lipinski definition) is 7. The maximum atomic E-state index is 13.1. The minimum absolute atomic E-state index is 0.0339. The van der Waals surface area contributed by atoms with E-state index in [9.17, 15) is 14.4 Å². The van der Waals surface area contributed by atoms with Gasteiger partial charge in [0.25, 0.3) is 5.91 Å². The van der Waals surface area contributed by atoms with Gasteiger partial charge in [0.1, 0.15) is 5.75 Å². The molecule has 0 N–H and O–H groups in total. The second-order valence-corrected chi connectivity index (χ2v) is 6.99. The summed E-state index contributed by atoms with van der Waals surface area (Å²) in [5, 5.41) is 0. The molecule has 2 heterocycles. The van der Waals surface area contributed by atoms with Crippen LogP contribution in [0.3, 0.4) is 0 Å². The van der Waals surface area contributed by atoms with Crippen molar-refractivity contribution in [2.24, 2.45) is 0 Å². The zero-order valence-electron chi connectivity index (χ0n) is 17.3. The Morgan fingerprint density at radius 1 is 1.20 bits per heavy atom. The van der Waals surface area contributed by atoms with Gasteiger partial charge in [-0.1, -0.05) is 12.1 Å². The van der Waals surface area contributed by atoms with Gasteiger partial charge >= 0.3 is 11.9 Å². The van der Waals surface area contributed by atoms with E-state index in [0.29, 0.717) is 30.2 Å². The average molecular weight is 415 g/mol. The first kappa shape index (κ1) is 21.6. The van der Waals surface area contributed by atoms with Crippen molar-refractivity contribution in [1.82, 2.24) is 4.90 Å². The molecule has 0 spiro atoms. The number of methoxy groups -OCH3 is 2. The highest BCUT2D eigenvalue weighted by molar-refractivity contribution is 6.16. The molecule has 2 aliphatic heterocycles. The van der Waals surface area contributed by atoms with Gasteiger partial charge in [-0.25, -0.2) is 9.59 Å². The molecule has 1 aromatic rings. The number of esters is 2. The van der Waals surface area contributed by atoms with Crippen molar-refractivity contribution in [2.45, 2.75) is 25.9 Å². The lowest BCUT2D eigenvalue weighted by Gasteiger charge is -2.21. The Balaban J connectivity index is 1.83. The first-order chi connectivity index (χ1) is 14.4. The van der Waals surface area contributed by atoms with Gasteiger partial charge in [-0.3, -0.25) is 4.79 Å². The molecule has 0 aliphatic carbocycles. The fourth-order valence-corrected chi connectivity index (χ4v) is 3.47. The third-order valence-electron chi connectivity index (χ3n) is 5.09. The molecule has 0 aromatic heterocycles. The lowest BCUT2D eigenvalue weighted by molar-refractivity contribution is -0.143. The number of carbonyl (C=O) groups is 3. The predicted octanol–water partition coefficient (Wildman–Crippen LogP) is 2.09. The van der Waals surface area contributed by atoms with Gasteiger partial charge in [-0.2, -0.15) is 0 Å². The zero-order chi connectivity index (χ0) is 21.7. The Hall–Kier alpha value is -3.13. The second-order valence-electron chi connectivity index (χ2n) is 6.99. The zero-order valence-corrected chi connectivity index (χ0v) is 17.3. The molecule has 8 heteroatoms. The maximum absolute atomic E-state index is 13.1. The van der Waals surface area contributed by atoms with Crippen molar-refractivity contribution >= 4 is 23.9 Å². The van der Waals surface area contributed by atoms with Gasteiger partial charge in [-0.05, 0) is 43.5 Å². The van der Waals surface area contributed by atoms with Crippen molar-refractivity contribution in [3.8, 4) is 5.75 Å². The summed E-state index contributed by atoms with van der Waals surface area (Å²) in [6.07, 6.45) is 3.47. The molecular weight excluding hydrogens is 390 g/mol. The molecule has 1 atom stereocenters. The van der Waals surface area contributed by atoms with Crippen LogP contribution in [0.15, 0.2) is 41.1 Å². The highest BCUT2D eigenvalue weighted by Crippen LogP contribution is 2.33. The molecule has 160 valence electrons. The molecule has 1 saturated heterocycles. The molecule has 1 fully saturated rings. The van der Waals surface area contributed by atoms with Gasteiger partial charge in [0.15, 0.2) is 6.61 Å². The molecular formula is C22H25NO7. The summed E-state index contributed by atoms with van der Waals surface area (Å²) >= 11 is 0. The minimum Gasteiger partial charge on any atom is -0.482 e. The second kappa shape index (κ2) is 9.58. The molecule has 8 nitrogen and oxygen atoms in total. The molecule has 1 amide bonds. The van der Waals surface area contributed by atoms with Crippen molar-refractivity contribution < 1.29 is 33.3 Å². The van der Waals surface area contributed by atoms with Crippen LogP contribution in [0, 0.1) is 0 Å². The number of allylic oxidation sites excluding steroid dienone is 1. The van der Waals surface area contributed by atoms with Crippen molar-refractivity contribution in [3.05, 3.63) is 46.7 Å². The highest BCUT2D eigenvalue weighted by Gasteiger charge is 2.38. The van der Waals surface area contributed by atoms with E-state index in [2.05, 4.69) is 4.74 Å². The standard InChI is InChI=1S/C22H25NO7/c1-14-20(22(26)28-3)18(21(25)23(14)12-17-5-4-10-29-17)11-15-6-8-16(9-7-15)30-13-19(24)27-2/h6-9,11,17H,4-5,10,12-13H2,1-3H3/b18-11-/t17-/m1/s1. The number of nitrogens with zero attached hydrogens (tertiary/aromatic N) is 1. The number of carbonyl (C=O) groups excluding carboxylic acids is 3. The summed E-state index contributed by atoms with van der Waals surface area (Å²) in [5.74, 6) is -0.804. The van der Waals surface area contributed by atoms with Crippen LogP contribution >= 0.6 is 0 Å². The van der Waals surface area contributed by atoms with Crippen molar-refractivity contribution in [2.75, 3.05) is 34.0 Å². The molecule has 30 heavy (non-hydrogen) atoms. The van der Waals surface area contributed by atoms with Crippen LogP contribution in [0.4, 0.5) is 0 Å². The van der Waals surface area contributed by atoms with Crippen LogP contribution in [-0.4, -0.2) is 62.8 Å². The first-order valence-electron chi connectivity index (χ1n) is 9.69. The Labute approximate surface area is 175 Å². The largest absolute Gasteiger partial charge is 0.482 e. The SMILES string of the molecule is COC(=O)COc1ccc(/C=C2\C(=O)N(C[C@H]3CCCO3)C(C)=C2C(=O)OC)cc1. The van der Waals surface area contributed by atoms with E-state index in [-0.39, 0.29) is 29.8 Å². The Bertz CT molecular complexity index is 879. The van der Waals surface area contributed by atoms with Crippen LogP contribution in [-0.2, 0) is 28.6 Å². The molecule has 0 radical (unpaired) electrons. The topological polar surface area (TPSA) is 91.4 Å². The highest BCUT2D eigenvalue weighted by atomic mass is 16.6. The average Bonchev–Trinajstić information content (AvgIpc) is 3.35. The number of ether oxygens (including phenoxy) is 4. The van der Waals surface area contributed by atoms with Crippen LogP contribution < -0.4 is 4.74 Å². The number of benzene rings is 1. The van der Waals surface area contributed by atoms with Crippen molar-refractivity contribution in [1.29, 1.82) is 0 Å². The van der Waals surface area contributed by atoms with E-state index in [0.717, 1.165) is 12.8 Å². The summed E-state index contributed by atoms with van der Waals surface area (Å²) < 4.78 is 20.4. The Morgan fingerprint density at radius 2 is 1.93 bits per heavy atom. The summed E-state index contributed by atoms with van der Waals surface area (Å²) in [4.78, 5) is 38.2. The third kappa shape index (κ3) is 4.71. The fraction of sp³-hybridized carbons (Fsp3) is 0.409. The molecule has 2 aliphatic rings. The van der Waals surface area contributed by atoms with Gasteiger partial charge in [0.2, 0.25) is 0 Å². The van der Waals surface area contributed by atoms with Crippen LogP contribution in [0.1, 0.15) is 25.3 Å². The van der Waals surface area contributed by atoms with E-state index in [1.165, 1.54) is 14.2 Å². The molecule has 3 rings (SSSR count). The van der Waals surface area contributed by atoms with E-state index in [1.54, 1.807) is 42.2 Å². The van der Waals surface area contributed by atoms with Crippen LogP contribution in [0.5, 0.6) is 5.75 Å². The Morgan fingerprint density at radius 3 is 2.53 bits per heavy atom. The van der Waals surface area contributed by atoms with Gasteiger partial charge in [0.05, 0.1) is 38.0 Å². The molecule has 0 bridgehead atoms. The summed E-state index contributed by atoms with van der Waals surface area (Å²) in [5.41, 5.74) is 1.80. The monoisotopic (exact) mass is 415 g/mol. The Kier molecular flexibility index (Phi) is 6.89. The van der Waals surface area contributed by atoms with E-state index in [1.807, 2.05) is 0 Å². The minimum atomic E-state index is -0.556. The predicted molar refractivity (Wildman–Crippen MR) is 107 cm³/mol. The molecule has 1 aromatic carbocycles. The van der Waals surface area contributed by atoms with E-state index < -0.39 is 11.9 Å². The number of amides is 1. The quantitative estimate of drug-likeness (QED) is 0.497. The lowest BCUT2D eigenvalue weighted by Crippen LogP contribution is -2.33. The van der Waals surface area contributed by atoms with Gasteiger partial charge in [0, 0.05) is 12.3 Å².